The number of hydrogen-bond donors (Lipinski definition) is 1. The SMILES string of the molecule is Cc1cc(C)c(-c2nc(CCN)c(Br)s2)c(C)c1. The lowest BCUT2D eigenvalue weighted by molar-refractivity contribution is 0.931. The first-order valence-electron chi connectivity index (χ1n) is 5.96. The topological polar surface area (TPSA) is 38.9 Å². The number of thiazole rings is 1. The Balaban J connectivity index is 2.52. The van der Waals surface area contributed by atoms with Gasteiger partial charge in [0.2, 0.25) is 0 Å². The van der Waals surface area contributed by atoms with Crippen LogP contribution in [0.5, 0.6) is 0 Å². The summed E-state index contributed by atoms with van der Waals surface area (Å²) in [6, 6.07) is 4.42. The molecule has 0 saturated heterocycles. The third-order valence-electron chi connectivity index (χ3n) is 2.92. The lowest BCUT2D eigenvalue weighted by Crippen LogP contribution is -2.03. The maximum atomic E-state index is 5.60. The smallest absolute Gasteiger partial charge is 0.125 e. The van der Waals surface area contributed by atoms with Crippen LogP contribution in [0.15, 0.2) is 15.9 Å². The van der Waals surface area contributed by atoms with Crippen molar-refractivity contribution in [3.63, 3.8) is 0 Å². The second-order valence-electron chi connectivity index (χ2n) is 4.55. The molecule has 0 fully saturated rings. The molecule has 2 aromatic rings. The van der Waals surface area contributed by atoms with Gasteiger partial charge in [-0.2, -0.15) is 0 Å². The van der Waals surface area contributed by atoms with Crippen molar-refractivity contribution in [1.29, 1.82) is 0 Å². The average molecular weight is 325 g/mol. The molecule has 0 spiro atoms. The summed E-state index contributed by atoms with van der Waals surface area (Å²) in [7, 11) is 0. The predicted molar refractivity (Wildman–Crippen MR) is 82.2 cm³/mol. The standard InChI is InChI=1S/C14H17BrN2S/c1-8-6-9(2)12(10(3)7-8)14-17-11(4-5-16)13(15)18-14/h6-7H,4-5,16H2,1-3H3. The normalized spacial score (nSPS) is 10.9. The van der Waals surface area contributed by atoms with Crippen LogP contribution in [-0.2, 0) is 6.42 Å². The van der Waals surface area contributed by atoms with Crippen molar-refractivity contribution < 1.29 is 0 Å². The zero-order chi connectivity index (χ0) is 13.3. The number of rotatable bonds is 3. The van der Waals surface area contributed by atoms with E-state index in [1.807, 2.05) is 0 Å². The maximum Gasteiger partial charge on any atom is 0.125 e. The van der Waals surface area contributed by atoms with E-state index in [-0.39, 0.29) is 0 Å². The highest BCUT2D eigenvalue weighted by atomic mass is 79.9. The number of aryl methyl sites for hydroxylation is 3. The van der Waals surface area contributed by atoms with Crippen molar-refractivity contribution in [2.24, 2.45) is 5.73 Å². The first-order valence-corrected chi connectivity index (χ1v) is 7.57. The van der Waals surface area contributed by atoms with Crippen molar-refractivity contribution in [3.8, 4) is 10.6 Å². The monoisotopic (exact) mass is 324 g/mol. The van der Waals surface area contributed by atoms with Crippen molar-refractivity contribution in [2.75, 3.05) is 6.54 Å². The summed E-state index contributed by atoms with van der Waals surface area (Å²) >= 11 is 5.27. The minimum atomic E-state index is 0.633. The molecule has 0 radical (unpaired) electrons. The number of hydrogen-bond acceptors (Lipinski definition) is 3. The predicted octanol–water partition coefficient (Wildman–Crippen LogP) is 4.00. The van der Waals surface area contributed by atoms with Crippen LogP contribution in [-0.4, -0.2) is 11.5 Å². The molecule has 1 aromatic carbocycles. The molecular weight excluding hydrogens is 308 g/mol. The second kappa shape index (κ2) is 5.51. The van der Waals surface area contributed by atoms with Crippen LogP contribution in [0, 0.1) is 20.8 Å². The molecule has 2 nitrogen and oxygen atoms in total. The van der Waals surface area contributed by atoms with E-state index in [1.54, 1.807) is 11.3 Å². The third kappa shape index (κ3) is 2.66. The van der Waals surface area contributed by atoms with Gasteiger partial charge < -0.3 is 5.73 Å². The summed E-state index contributed by atoms with van der Waals surface area (Å²) in [6.45, 7) is 7.05. The van der Waals surface area contributed by atoms with Crippen molar-refractivity contribution in [3.05, 3.63) is 38.3 Å². The molecule has 2 N–H and O–H groups in total. The van der Waals surface area contributed by atoms with E-state index in [1.165, 1.54) is 22.3 Å². The quantitative estimate of drug-likeness (QED) is 0.926. The Kier molecular flexibility index (Phi) is 4.20. The van der Waals surface area contributed by atoms with Gasteiger partial charge in [0.1, 0.15) is 5.01 Å². The minimum Gasteiger partial charge on any atom is -0.330 e. The van der Waals surface area contributed by atoms with E-state index in [0.29, 0.717) is 6.54 Å². The van der Waals surface area contributed by atoms with E-state index in [4.69, 9.17) is 10.7 Å². The van der Waals surface area contributed by atoms with E-state index in [9.17, 15) is 0 Å². The molecule has 2 rings (SSSR count). The first-order chi connectivity index (χ1) is 8.52. The Hall–Kier alpha value is -0.710. The van der Waals surface area contributed by atoms with Gasteiger partial charge in [-0.25, -0.2) is 4.98 Å². The number of nitrogens with two attached hydrogens (primary N) is 1. The van der Waals surface area contributed by atoms with E-state index >= 15 is 0 Å². The average Bonchev–Trinajstić information content (AvgIpc) is 2.59. The van der Waals surface area contributed by atoms with Crippen LogP contribution in [0.25, 0.3) is 10.6 Å². The van der Waals surface area contributed by atoms with Gasteiger partial charge >= 0.3 is 0 Å². The Morgan fingerprint density at radius 1 is 1.22 bits per heavy atom. The molecule has 18 heavy (non-hydrogen) atoms. The fourth-order valence-corrected chi connectivity index (χ4v) is 4.01. The van der Waals surface area contributed by atoms with Gasteiger partial charge in [0.05, 0.1) is 9.48 Å². The minimum absolute atomic E-state index is 0.633. The Labute approximate surface area is 120 Å². The zero-order valence-corrected chi connectivity index (χ0v) is 13.3. The van der Waals surface area contributed by atoms with Gasteiger partial charge in [-0.1, -0.05) is 17.7 Å². The van der Waals surface area contributed by atoms with Gasteiger partial charge in [-0.3, -0.25) is 0 Å². The summed E-state index contributed by atoms with van der Waals surface area (Å²) in [6.07, 6.45) is 0.820. The Morgan fingerprint density at radius 3 is 2.39 bits per heavy atom. The highest BCUT2D eigenvalue weighted by molar-refractivity contribution is 9.11. The highest BCUT2D eigenvalue weighted by Crippen LogP contribution is 2.36. The second-order valence-corrected chi connectivity index (χ2v) is 6.87. The summed E-state index contributed by atoms with van der Waals surface area (Å²) < 4.78 is 1.10. The molecule has 0 amide bonds. The zero-order valence-electron chi connectivity index (χ0n) is 10.9. The fourth-order valence-electron chi connectivity index (χ4n) is 2.25. The van der Waals surface area contributed by atoms with Crippen LogP contribution in [0.4, 0.5) is 0 Å². The molecule has 4 heteroatoms. The molecule has 0 aliphatic rings. The van der Waals surface area contributed by atoms with Gasteiger partial charge in [-0.05, 0) is 54.4 Å². The van der Waals surface area contributed by atoms with Crippen molar-refractivity contribution in [1.82, 2.24) is 4.98 Å². The molecule has 96 valence electrons. The molecule has 0 aliphatic carbocycles. The Bertz CT molecular complexity index is 552. The van der Waals surface area contributed by atoms with Crippen LogP contribution in [0.3, 0.4) is 0 Å². The summed E-state index contributed by atoms with van der Waals surface area (Å²) in [4.78, 5) is 4.71. The lowest BCUT2D eigenvalue weighted by atomic mass is 10.0. The van der Waals surface area contributed by atoms with E-state index < -0.39 is 0 Å². The number of aromatic nitrogens is 1. The first kappa shape index (κ1) is 13.7. The maximum absolute atomic E-state index is 5.60. The van der Waals surface area contributed by atoms with Gasteiger partial charge in [0.15, 0.2) is 0 Å². The number of benzene rings is 1. The molecule has 1 heterocycles. The Morgan fingerprint density at radius 2 is 1.83 bits per heavy atom. The lowest BCUT2D eigenvalue weighted by Gasteiger charge is -2.08. The molecule has 0 saturated carbocycles. The molecule has 0 atom stereocenters. The fraction of sp³-hybridized carbons (Fsp3) is 0.357. The molecule has 0 unspecified atom stereocenters. The van der Waals surface area contributed by atoms with Gasteiger partial charge in [0.25, 0.3) is 0 Å². The van der Waals surface area contributed by atoms with Gasteiger partial charge in [0, 0.05) is 12.0 Å². The molecule has 1 aromatic heterocycles. The van der Waals surface area contributed by atoms with Crippen LogP contribution >= 0.6 is 27.3 Å². The van der Waals surface area contributed by atoms with Crippen molar-refractivity contribution >= 4 is 27.3 Å². The van der Waals surface area contributed by atoms with E-state index in [0.717, 1.165) is 20.9 Å². The highest BCUT2D eigenvalue weighted by Gasteiger charge is 2.14. The molecule has 0 bridgehead atoms. The van der Waals surface area contributed by atoms with Gasteiger partial charge in [-0.15, -0.1) is 11.3 Å². The van der Waals surface area contributed by atoms with Crippen molar-refractivity contribution in [2.45, 2.75) is 27.2 Å². The van der Waals surface area contributed by atoms with Crippen LogP contribution in [0.2, 0.25) is 0 Å². The number of halogens is 1. The van der Waals surface area contributed by atoms with Crippen LogP contribution in [0.1, 0.15) is 22.4 Å². The third-order valence-corrected chi connectivity index (χ3v) is 4.77. The van der Waals surface area contributed by atoms with Crippen LogP contribution < -0.4 is 5.73 Å². The molecule has 0 aliphatic heterocycles. The number of nitrogens with zero attached hydrogens (tertiary/aromatic N) is 1. The molecular formula is C14H17BrN2S. The summed E-state index contributed by atoms with van der Waals surface area (Å²) in [5.74, 6) is 0. The van der Waals surface area contributed by atoms with E-state index in [2.05, 4.69) is 48.8 Å². The largest absolute Gasteiger partial charge is 0.330 e. The summed E-state index contributed by atoms with van der Waals surface area (Å²) in [5, 5.41) is 1.08. The summed E-state index contributed by atoms with van der Waals surface area (Å²) in [5.41, 5.74) is 11.8.